The maximum Gasteiger partial charge on any atom is 0.226 e. The number of imidazole rings is 1. The zero-order valence-electron chi connectivity index (χ0n) is 16.4. The molecule has 150 valence electrons. The van der Waals surface area contributed by atoms with Crippen LogP contribution in [0.15, 0.2) is 6.33 Å². The number of nitrogens with one attached hydrogen (secondary N) is 2. The number of aromatic amines is 1. The molecular weight excluding hydrogens is 362 g/mol. The quantitative estimate of drug-likeness (QED) is 0.303. The molecule has 0 bridgehead atoms. The highest BCUT2D eigenvalue weighted by atomic mass is 35.5. The molecular formula is C20H32ClN5O. The Kier molecular flexibility index (Phi) is 10.1. The third-order valence-corrected chi connectivity index (χ3v) is 4.94. The fraction of sp³-hybridized carbons (Fsp3) is 0.700. The van der Waals surface area contributed by atoms with Gasteiger partial charge in [0.05, 0.1) is 6.33 Å². The Bertz CT molecular complexity index is 688. The number of aromatic nitrogens is 4. The van der Waals surface area contributed by atoms with Crippen LogP contribution in [0.5, 0.6) is 0 Å². The van der Waals surface area contributed by atoms with E-state index in [2.05, 4.69) is 32.2 Å². The van der Waals surface area contributed by atoms with Crippen molar-refractivity contribution in [2.24, 2.45) is 0 Å². The Morgan fingerprint density at radius 3 is 2.19 bits per heavy atom. The second-order valence-corrected chi connectivity index (χ2v) is 7.47. The first-order chi connectivity index (χ1) is 13.2. The largest absolute Gasteiger partial charge is 0.340 e. The van der Waals surface area contributed by atoms with Crippen LogP contribution in [0.4, 0.5) is 5.82 Å². The van der Waals surface area contributed by atoms with Crippen LogP contribution in [-0.4, -0.2) is 25.8 Å². The smallest absolute Gasteiger partial charge is 0.226 e. The highest BCUT2D eigenvalue weighted by Crippen LogP contribution is 2.19. The minimum Gasteiger partial charge on any atom is -0.340 e. The summed E-state index contributed by atoms with van der Waals surface area (Å²) in [5.74, 6) is 0.346. The number of rotatable bonds is 14. The van der Waals surface area contributed by atoms with Crippen LogP contribution in [0.2, 0.25) is 5.28 Å². The predicted molar refractivity (Wildman–Crippen MR) is 111 cm³/mol. The number of halogens is 1. The average Bonchev–Trinajstić information content (AvgIpc) is 3.11. The first kappa shape index (κ1) is 21.6. The lowest BCUT2D eigenvalue weighted by Crippen LogP contribution is -2.13. The number of carbonyl (C=O) groups excluding carboxylic acids is 1. The number of carbonyl (C=O) groups is 1. The van der Waals surface area contributed by atoms with Crippen LogP contribution in [0.3, 0.4) is 0 Å². The summed E-state index contributed by atoms with van der Waals surface area (Å²) in [5.41, 5.74) is 1.05. The SMILES string of the molecule is CCCCCCCCCCCCCCC(=O)Nc1nc(Cl)nc2nc[nH]c12. The number of hydrogen-bond donors (Lipinski definition) is 2. The van der Waals surface area contributed by atoms with Gasteiger partial charge in [-0.3, -0.25) is 4.79 Å². The third kappa shape index (κ3) is 8.24. The summed E-state index contributed by atoms with van der Waals surface area (Å²) in [7, 11) is 0. The lowest BCUT2D eigenvalue weighted by Gasteiger charge is -2.06. The molecule has 2 aromatic heterocycles. The van der Waals surface area contributed by atoms with E-state index in [9.17, 15) is 4.79 Å². The summed E-state index contributed by atoms with van der Waals surface area (Å²) in [6.07, 6.45) is 17.4. The molecule has 0 unspecified atom stereocenters. The number of nitrogens with zero attached hydrogens (tertiary/aromatic N) is 3. The molecule has 0 atom stereocenters. The normalized spacial score (nSPS) is 11.2. The van der Waals surface area contributed by atoms with E-state index in [1.54, 1.807) is 0 Å². The number of anilines is 1. The Labute approximate surface area is 166 Å². The molecule has 0 aliphatic heterocycles. The van der Waals surface area contributed by atoms with Crippen LogP contribution in [0.1, 0.15) is 90.4 Å². The van der Waals surface area contributed by atoms with Gasteiger partial charge >= 0.3 is 0 Å². The molecule has 2 aromatic rings. The minimum absolute atomic E-state index is 0.0484. The molecule has 0 aliphatic carbocycles. The standard InChI is InChI=1S/C20H32ClN5O/c1-2-3-4-5-6-7-8-9-10-11-12-13-14-16(27)24-19-17-18(23-15-22-17)25-20(21)26-19/h15H,2-14H2,1H3,(H2,22,23,24,25,26,27). The molecule has 6 nitrogen and oxygen atoms in total. The van der Waals surface area contributed by atoms with Crippen LogP contribution in [-0.2, 0) is 4.79 Å². The Balaban J connectivity index is 1.51. The zero-order valence-corrected chi connectivity index (χ0v) is 17.2. The maximum atomic E-state index is 12.1. The van der Waals surface area contributed by atoms with Gasteiger partial charge in [0.1, 0.15) is 5.52 Å². The van der Waals surface area contributed by atoms with E-state index in [1.165, 1.54) is 70.5 Å². The Hall–Kier alpha value is -1.69. The first-order valence-corrected chi connectivity index (χ1v) is 10.7. The molecule has 0 aromatic carbocycles. The number of H-pyrrole nitrogens is 1. The monoisotopic (exact) mass is 393 g/mol. The van der Waals surface area contributed by atoms with E-state index in [0.29, 0.717) is 23.4 Å². The van der Waals surface area contributed by atoms with Crippen molar-refractivity contribution < 1.29 is 4.79 Å². The van der Waals surface area contributed by atoms with Crippen molar-refractivity contribution in [2.45, 2.75) is 90.4 Å². The van der Waals surface area contributed by atoms with Gasteiger partial charge in [-0.25, -0.2) is 4.98 Å². The van der Waals surface area contributed by atoms with Gasteiger partial charge in [0.25, 0.3) is 0 Å². The van der Waals surface area contributed by atoms with Crippen molar-refractivity contribution in [1.82, 2.24) is 19.9 Å². The second kappa shape index (κ2) is 12.7. The van der Waals surface area contributed by atoms with Crippen molar-refractivity contribution in [1.29, 1.82) is 0 Å². The molecule has 2 N–H and O–H groups in total. The van der Waals surface area contributed by atoms with E-state index in [-0.39, 0.29) is 11.2 Å². The molecule has 7 heteroatoms. The summed E-state index contributed by atoms with van der Waals surface area (Å²) in [6, 6.07) is 0. The van der Waals surface area contributed by atoms with Crippen molar-refractivity contribution >= 4 is 34.5 Å². The molecule has 0 fully saturated rings. The van der Waals surface area contributed by atoms with Gasteiger partial charge < -0.3 is 10.3 Å². The van der Waals surface area contributed by atoms with Crippen molar-refractivity contribution in [3.8, 4) is 0 Å². The highest BCUT2D eigenvalue weighted by molar-refractivity contribution is 6.28. The Morgan fingerprint density at radius 1 is 0.963 bits per heavy atom. The second-order valence-electron chi connectivity index (χ2n) is 7.13. The van der Waals surface area contributed by atoms with E-state index in [1.807, 2.05) is 0 Å². The van der Waals surface area contributed by atoms with Crippen molar-refractivity contribution in [2.75, 3.05) is 5.32 Å². The maximum absolute atomic E-state index is 12.1. The molecule has 2 heterocycles. The van der Waals surface area contributed by atoms with Gasteiger partial charge in [0, 0.05) is 6.42 Å². The average molecular weight is 394 g/mol. The summed E-state index contributed by atoms with van der Waals surface area (Å²) in [5, 5.41) is 2.88. The molecule has 1 amide bonds. The van der Waals surface area contributed by atoms with Gasteiger partial charge in [-0.05, 0) is 18.0 Å². The Morgan fingerprint density at radius 2 is 1.56 bits per heavy atom. The van der Waals surface area contributed by atoms with E-state index < -0.39 is 0 Å². The van der Waals surface area contributed by atoms with Crippen LogP contribution >= 0.6 is 11.6 Å². The molecule has 0 radical (unpaired) electrons. The third-order valence-electron chi connectivity index (χ3n) is 4.77. The summed E-state index contributed by atoms with van der Waals surface area (Å²) in [6.45, 7) is 2.26. The van der Waals surface area contributed by atoms with Crippen LogP contribution in [0.25, 0.3) is 11.2 Å². The van der Waals surface area contributed by atoms with Gasteiger partial charge in [-0.1, -0.05) is 77.6 Å². The molecule has 27 heavy (non-hydrogen) atoms. The van der Waals surface area contributed by atoms with E-state index in [4.69, 9.17) is 11.6 Å². The molecule has 0 spiro atoms. The van der Waals surface area contributed by atoms with Crippen LogP contribution in [0, 0.1) is 0 Å². The van der Waals surface area contributed by atoms with Crippen molar-refractivity contribution in [3.05, 3.63) is 11.6 Å². The first-order valence-electron chi connectivity index (χ1n) is 10.4. The molecule has 0 saturated carbocycles. The van der Waals surface area contributed by atoms with Crippen molar-refractivity contribution in [3.63, 3.8) is 0 Å². The molecule has 2 rings (SSSR count). The van der Waals surface area contributed by atoms with Gasteiger partial charge in [-0.2, -0.15) is 9.97 Å². The number of hydrogen-bond acceptors (Lipinski definition) is 4. The number of amides is 1. The van der Waals surface area contributed by atoms with Gasteiger partial charge in [0.2, 0.25) is 11.2 Å². The fourth-order valence-electron chi connectivity index (χ4n) is 3.22. The van der Waals surface area contributed by atoms with E-state index >= 15 is 0 Å². The lowest BCUT2D eigenvalue weighted by atomic mass is 10.0. The molecule has 0 saturated heterocycles. The van der Waals surface area contributed by atoms with Crippen LogP contribution < -0.4 is 5.32 Å². The van der Waals surface area contributed by atoms with Gasteiger partial charge in [0.15, 0.2) is 11.5 Å². The summed E-state index contributed by atoms with van der Waals surface area (Å²) < 4.78 is 0. The highest BCUT2D eigenvalue weighted by Gasteiger charge is 2.11. The van der Waals surface area contributed by atoms with Gasteiger partial charge in [-0.15, -0.1) is 0 Å². The topological polar surface area (TPSA) is 83.6 Å². The van der Waals surface area contributed by atoms with E-state index in [0.717, 1.165) is 12.8 Å². The lowest BCUT2D eigenvalue weighted by molar-refractivity contribution is -0.116. The molecule has 0 aliphatic rings. The predicted octanol–water partition coefficient (Wildman–Crippen LogP) is 6.04. The number of unbranched alkanes of at least 4 members (excludes halogenated alkanes) is 11. The summed E-state index contributed by atoms with van der Waals surface area (Å²) in [4.78, 5) is 27.2. The summed E-state index contributed by atoms with van der Waals surface area (Å²) >= 11 is 5.87. The number of fused-ring (bicyclic) bond motifs is 1. The fourth-order valence-corrected chi connectivity index (χ4v) is 3.38. The minimum atomic E-state index is -0.0484. The zero-order chi connectivity index (χ0) is 19.3.